The second-order valence-corrected chi connectivity index (χ2v) is 5.02. The summed E-state index contributed by atoms with van der Waals surface area (Å²) in [5.41, 5.74) is 1.58. The van der Waals surface area contributed by atoms with Gasteiger partial charge in [-0.25, -0.2) is 4.98 Å². The van der Waals surface area contributed by atoms with E-state index < -0.39 is 0 Å². The van der Waals surface area contributed by atoms with Gasteiger partial charge in [-0.15, -0.1) is 0 Å². The molecule has 5 heteroatoms. The quantitative estimate of drug-likeness (QED) is 0.792. The van der Waals surface area contributed by atoms with Crippen molar-refractivity contribution in [3.8, 4) is 0 Å². The zero-order chi connectivity index (χ0) is 12.5. The van der Waals surface area contributed by atoms with Gasteiger partial charge >= 0.3 is 0 Å². The Morgan fingerprint density at radius 2 is 2.11 bits per heavy atom. The number of aromatic nitrogens is 1. The predicted octanol–water partition coefficient (Wildman–Crippen LogP) is 0.382. The van der Waals surface area contributed by atoms with E-state index in [1.165, 1.54) is 12.8 Å². The minimum absolute atomic E-state index is 0.137. The van der Waals surface area contributed by atoms with Gasteiger partial charge in [0.2, 0.25) is 0 Å². The Balaban J connectivity index is 1.75. The van der Waals surface area contributed by atoms with Gasteiger partial charge in [-0.1, -0.05) is 0 Å². The number of fused-ring (bicyclic) bond motifs is 2. The highest BCUT2D eigenvalue weighted by atomic mass is 16.1. The lowest BCUT2D eigenvalue weighted by Gasteiger charge is -2.34. The molecule has 3 rings (SSSR count). The average molecular weight is 246 g/mol. The molecular weight excluding hydrogens is 228 g/mol. The van der Waals surface area contributed by atoms with Crippen LogP contribution in [0.15, 0.2) is 18.3 Å². The minimum Gasteiger partial charge on any atom is -0.367 e. The van der Waals surface area contributed by atoms with Crippen LogP contribution in [0, 0.1) is 0 Å². The maximum Gasteiger partial charge on any atom is 0.269 e. The Hall–Kier alpha value is -1.62. The first kappa shape index (κ1) is 11.5. The summed E-state index contributed by atoms with van der Waals surface area (Å²) in [6.07, 6.45) is 4.34. The molecule has 2 aliphatic heterocycles. The Bertz CT molecular complexity index is 433. The van der Waals surface area contributed by atoms with Crippen molar-refractivity contribution in [2.45, 2.75) is 24.9 Å². The van der Waals surface area contributed by atoms with Crippen molar-refractivity contribution in [1.29, 1.82) is 0 Å². The van der Waals surface area contributed by atoms with Crippen LogP contribution in [0.25, 0.3) is 0 Å². The molecular formula is C13H18N4O. The number of hydrogen-bond donors (Lipinski definition) is 2. The molecule has 5 nitrogen and oxygen atoms in total. The van der Waals surface area contributed by atoms with Gasteiger partial charge in [-0.3, -0.25) is 4.79 Å². The van der Waals surface area contributed by atoms with E-state index in [9.17, 15) is 4.79 Å². The summed E-state index contributed by atoms with van der Waals surface area (Å²) in [4.78, 5) is 18.0. The average Bonchev–Trinajstić information content (AvgIpc) is 2.77. The summed E-state index contributed by atoms with van der Waals surface area (Å²) in [5, 5.41) is 6.18. The van der Waals surface area contributed by atoms with Gasteiger partial charge in [-0.05, 0) is 25.0 Å². The van der Waals surface area contributed by atoms with Crippen LogP contribution in [0.1, 0.15) is 23.3 Å². The highest BCUT2D eigenvalue weighted by Crippen LogP contribution is 2.24. The lowest BCUT2D eigenvalue weighted by Crippen LogP contribution is -2.51. The molecule has 0 aromatic carbocycles. The topological polar surface area (TPSA) is 57.3 Å². The molecule has 2 bridgehead atoms. The lowest BCUT2D eigenvalue weighted by atomic mass is 10.2. The van der Waals surface area contributed by atoms with Crippen molar-refractivity contribution in [1.82, 2.24) is 15.6 Å². The number of rotatable bonds is 2. The Morgan fingerprint density at radius 1 is 1.39 bits per heavy atom. The third-order valence-corrected chi connectivity index (χ3v) is 3.79. The van der Waals surface area contributed by atoms with Crippen LogP contribution in [0.2, 0.25) is 0 Å². The third kappa shape index (κ3) is 2.06. The van der Waals surface area contributed by atoms with Gasteiger partial charge in [0.1, 0.15) is 5.69 Å². The van der Waals surface area contributed by atoms with Crippen LogP contribution in [-0.4, -0.2) is 43.1 Å². The molecule has 1 amide bonds. The molecule has 1 aromatic rings. The van der Waals surface area contributed by atoms with E-state index in [-0.39, 0.29) is 5.91 Å². The molecule has 0 radical (unpaired) electrons. The summed E-state index contributed by atoms with van der Waals surface area (Å²) in [6.45, 7) is 2.08. The summed E-state index contributed by atoms with van der Waals surface area (Å²) >= 11 is 0. The molecule has 2 N–H and O–H groups in total. The number of anilines is 1. The second-order valence-electron chi connectivity index (χ2n) is 5.02. The van der Waals surface area contributed by atoms with E-state index in [0.717, 1.165) is 18.8 Å². The highest BCUT2D eigenvalue weighted by molar-refractivity contribution is 5.92. The smallest absolute Gasteiger partial charge is 0.269 e. The maximum atomic E-state index is 11.4. The van der Waals surface area contributed by atoms with E-state index in [4.69, 9.17) is 0 Å². The zero-order valence-corrected chi connectivity index (χ0v) is 10.5. The van der Waals surface area contributed by atoms with Gasteiger partial charge < -0.3 is 15.5 Å². The lowest BCUT2D eigenvalue weighted by molar-refractivity contribution is 0.0958. The van der Waals surface area contributed by atoms with Crippen molar-refractivity contribution in [3.63, 3.8) is 0 Å². The molecule has 3 heterocycles. The van der Waals surface area contributed by atoms with E-state index in [0.29, 0.717) is 17.8 Å². The van der Waals surface area contributed by atoms with Crippen LogP contribution >= 0.6 is 0 Å². The fraction of sp³-hybridized carbons (Fsp3) is 0.538. The summed E-state index contributed by atoms with van der Waals surface area (Å²) in [5.74, 6) is -0.137. The van der Waals surface area contributed by atoms with Crippen LogP contribution in [-0.2, 0) is 0 Å². The molecule has 2 atom stereocenters. The molecule has 2 aliphatic rings. The number of amides is 1. The van der Waals surface area contributed by atoms with Crippen LogP contribution in [0.4, 0.5) is 5.69 Å². The molecule has 1 aromatic heterocycles. The minimum atomic E-state index is -0.137. The van der Waals surface area contributed by atoms with E-state index in [2.05, 4.69) is 20.5 Å². The van der Waals surface area contributed by atoms with E-state index >= 15 is 0 Å². The van der Waals surface area contributed by atoms with Crippen LogP contribution in [0.3, 0.4) is 0 Å². The Kier molecular flexibility index (Phi) is 2.91. The first-order chi connectivity index (χ1) is 8.76. The fourth-order valence-corrected chi connectivity index (χ4v) is 2.84. The van der Waals surface area contributed by atoms with Gasteiger partial charge in [-0.2, -0.15) is 0 Å². The van der Waals surface area contributed by atoms with Gasteiger partial charge in [0.15, 0.2) is 0 Å². The molecule has 2 saturated heterocycles. The normalized spacial score (nSPS) is 26.2. The molecule has 2 fully saturated rings. The summed E-state index contributed by atoms with van der Waals surface area (Å²) in [6, 6.07) is 5.00. The molecule has 2 unspecified atom stereocenters. The van der Waals surface area contributed by atoms with Crippen molar-refractivity contribution < 1.29 is 4.79 Å². The maximum absolute atomic E-state index is 11.4. The second kappa shape index (κ2) is 4.57. The SMILES string of the molecule is CNC(=O)c1ccc(N2CC3CCC(C2)N3)cn1. The molecule has 96 valence electrons. The number of nitrogens with zero attached hydrogens (tertiary/aromatic N) is 2. The first-order valence-corrected chi connectivity index (χ1v) is 6.45. The largest absolute Gasteiger partial charge is 0.367 e. The fourth-order valence-electron chi connectivity index (χ4n) is 2.84. The van der Waals surface area contributed by atoms with Gasteiger partial charge in [0.25, 0.3) is 5.91 Å². The number of hydrogen-bond acceptors (Lipinski definition) is 4. The van der Waals surface area contributed by atoms with Crippen molar-refractivity contribution >= 4 is 11.6 Å². The number of carbonyl (C=O) groups excluding carboxylic acids is 1. The molecule has 0 aliphatic carbocycles. The van der Waals surface area contributed by atoms with Crippen LogP contribution in [0.5, 0.6) is 0 Å². The molecule has 0 saturated carbocycles. The monoisotopic (exact) mass is 246 g/mol. The Morgan fingerprint density at radius 3 is 2.67 bits per heavy atom. The van der Waals surface area contributed by atoms with E-state index in [1.54, 1.807) is 19.3 Å². The Labute approximate surface area is 107 Å². The van der Waals surface area contributed by atoms with E-state index in [1.807, 2.05) is 6.07 Å². The summed E-state index contributed by atoms with van der Waals surface area (Å²) in [7, 11) is 1.62. The van der Waals surface area contributed by atoms with Crippen LogP contribution < -0.4 is 15.5 Å². The summed E-state index contributed by atoms with van der Waals surface area (Å²) < 4.78 is 0. The molecule has 18 heavy (non-hydrogen) atoms. The third-order valence-electron chi connectivity index (χ3n) is 3.79. The number of carbonyl (C=O) groups is 1. The van der Waals surface area contributed by atoms with Crippen molar-refractivity contribution in [2.75, 3.05) is 25.0 Å². The molecule has 0 spiro atoms. The van der Waals surface area contributed by atoms with Crippen molar-refractivity contribution in [3.05, 3.63) is 24.0 Å². The number of piperazine rings is 1. The number of pyridine rings is 1. The number of nitrogens with one attached hydrogen (secondary N) is 2. The highest BCUT2D eigenvalue weighted by Gasteiger charge is 2.32. The first-order valence-electron chi connectivity index (χ1n) is 6.45. The zero-order valence-electron chi connectivity index (χ0n) is 10.5. The van der Waals surface area contributed by atoms with Crippen molar-refractivity contribution in [2.24, 2.45) is 0 Å². The van der Waals surface area contributed by atoms with Gasteiger partial charge in [0.05, 0.1) is 11.9 Å². The predicted molar refractivity (Wildman–Crippen MR) is 69.8 cm³/mol. The standard InChI is InChI=1S/C13H18N4O/c1-14-13(18)12-5-4-11(6-15-12)17-7-9-2-3-10(8-17)16-9/h4-6,9-10,16H,2-3,7-8H2,1H3,(H,14,18). The van der Waals surface area contributed by atoms with Gasteiger partial charge in [0, 0.05) is 32.2 Å².